The molecule has 0 amide bonds. The fourth-order valence-corrected chi connectivity index (χ4v) is 2.21. The Kier molecular flexibility index (Phi) is 5.79. The van der Waals surface area contributed by atoms with Crippen LogP contribution < -0.4 is 5.32 Å². The largest absolute Gasteiger partial charge is 0.417 e. The molecule has 4 nitrogen and oxygen atoms in total. The van der Waals surface area contributed by atoms with Crippen LogP contribution in [0.4, 0.5) is 19.0 Å². The van der Waals surface area contributed by atoms with Crippen molar-refractivity contribution < 1.29 is 18.3 Å². The number of anilines is 1. The van der Waals surface area contributed by atoms with Crippen LogP contribution in [0.5, 0.6) is 0 Å². The first-order valence-electron chi connectivity index (χ1n) is 6.87. The molecule has 0 radical (unpaired) electrons. The van der Waals surface area contributed by atoms with E-state index in [1.54, 1.807) is 12.3 Å². The zero-order valence-corrected chi connectivity index (χ0v) is 12.8. The van der Waals surface area contributed by atoms with Gasteiger partial charge in [-0.1, -0.05) is 17.7 Å². The zero-order valence-electron chi connectivity index (χ0n) is 12.0. The maximum atomic E-state index is 12.6. The van der Waals surface area contributed by atoms with Gasteiger partial charge in [-0.2, -0.15) is 13.2 Å². The van der Waals surface area contributed by atoms with Crippen molar-refractivity contribution in [1.82, 2.24) is 9.97 Å². The molecule has 2 heterocycles. The molecule has 0 aliphatic heterocycles. The predicted molar refractivity (Wildman–Crippen MR) is 81.3 cm³/mol. The number of hydrogen-bond donors (Lipinski definition) is 2. The Morgan fingerprint density at radius 2 is 2.04 bits per heavy atom. The van der Waals surface area contributed by atoms with E-state index < -0.39 is 11.7 Å². The van der Waals surface area contributed by atoms with E-state index in [0.29, 0.717) is 13.0 Å². The third-order valence-corrected chi connectivity index (χ3v) is 3.50. The minimum atomic E-state index is -4.48. The summed E-state index contributed by atoms with van der Waals surface area (Å²) in [5, 5.41) is 12.2. The summed E-state index contributed by atoms with van der Waals surface area (Å²) >= 11 is 5.82. The van der Waals surface area contributed by atoms with E-state index >= 15 is 0 Å². The Labute approximate surface area is 136 Å². The van der Waals surface area contributed by atoms with E-state index in [4.69, 9.17) is 11.6 Å². The van der Waals surface area contributed by atoms with Gasteiger partial charge in [-0.3, -0.25) is 4.98 Å². The highest BCUT2D eigenvalue weighted by Gasteiger charge is 2.31. The fraction of sp³-hybridized carbons (Fsp3) is 0.333. The average molecular weight is 346 g/mol. The lowest BCUT2D eigenvalue weighted by Gasteiger charge is -2.16. The highest BCUT2D eigenvalue weighted by atomic mass is 35.5. The van der Waals surface area contributed by atoms with Crippen LogP contribution in [0.2, 0.25) is 5.02 Å². The highest BCUT2D eigenvalue weighted by Crippen LogP contribution is 2.32. The number of rotatable bonds is 6. The maximum Gasteiger partial charge on any atom is 0.417 e. The smallest absolute Gasteiger partial charge is 0.396 e. The van der Waals surface area contributed by atoms with E-state index in [-0.39, 0.29) is 23.4 Å². The van der Waals surface area contributed by atoms with E-state index in [1.807, 2.05) is 12.1 Å². The minimum absolute atomic E-state index is 0.0954. The topological polar surface area (TPSA) is 58.0 Å². The molecular weight excluding hydrogens is 331 g/mol. The number of nitrogens with one attached hydrogen (secondary N) is 1. The van der Waals surface area contributed by atoms with E-state index in [9.17, 15) is 18.3 Å². The van der Waals surface area contributed by atoms with Crippen LogP contribution in [-0.4, -0.2) is 28.2 Å². The highest BCUT2D eigenvalue weighted by molar-refractivity contribution is 6.32. The Morgan fingerprint density at radius 3 is 2.61 bits per heavy atom. The molecule has 0 spiro atoms. The summed E-state index contributed by atoms with van der Waals surface area (Å²) in [5.74, 6) is -0.0100. The molecule has 124 valence electrons. The summed E-state index contributed by atoms with van der Waals surface area (Å²) in [7, 11) is 0. The Balaban J connectivity index is 1.99. The normalized spacial score (nSPS) is 12.9. The fourth-order valence-electron chi connectivity index (χ4n) is 1.98. The van der Waals surface area contributed by atoms with Crippen molar-refractivity contribution in [2.75, 3.05) is 18.5 Å². The number of aliphatic hydroxyl groups excluding tert-OH is 1. The molecule has 0 aromatic carbocycles. The third-order valence-electron chi connectivity index (χ3n) is 3.21. The zero-order chi connectivity index (χ0) is 16.9. The van der Waals surface area contributed by atoms with Crippen molar-refractivity contribution in [3.8, 4) is 0 Å². The van der Waals surface area contributed by atoms with E-state index in [2.05, 4.69) is 15.3 Å². The van der Waals surface area contributed by atoms with Gasteiger partial charge in [-0.05, 0) is 24.6 Å². The predicted octanol–water partition coefficient (Wildman–Crippen LogP) is 3.41. The quantitative estimate of drug-likeness (QED) is 0.842. The molecular formula is C15H15ClF3N3O. The lowest BCUT2D eigenvalue weighted by molar-refractivity contribution is -0.137. The summed E-state index contributed by atoms with van der Waals surface area (Å²) in [5.41, 5.74) is -0.0833. The molecule has 2 rings (SSSR count). The molecule has 0 fully saturated rings. The molecule has 2 aromatic heterocycles. The number of aliphatic hydroxyl groups is 1. The summed E-state index contributed by atoms with van der Waals surface area (Å²) in [4.78, 5) is 7.87. The monoisotopic (exact) mass is 345 g/mol. The number of hydrogen-bond acceptors (Lipinski definition) is 4. The molecule has 0 saturated carbocycles. The first-order chi connectivity index (χ1) is 10.9. The van der Waals surface area contributed by atoms with Crippen LogP contribution in [0.15, 0.2) is 36.7 Å². The van der Waals surface area contributed by atoms with Gasteiger partial charge in [-0.15, -0.1) is 0 Å². The van der Waals surface area contributed by atoms with E-state index in [1.165, 1.54) is 0 Å². The molecule has 1 atom stereocenters. The number of halogens is 4. The number of aromatic nitrogens is 2. The van der Waals surface area contributed by atoms with Gasteiger partial charge in [0.05, 0.1) is 10.6 Å². The second kappa shape index (κ2) is 7.61. The first-order valence-corrected chi connectivity index (χ1v) is 7.25. The number of nitrogens with zero attached hydrogens (tertiary/aromatic N) is 2. The van der Waals surface area contributed by atoms with Crippen molar-refractivity contribution in [3.05, 3.63) is 52.9 Å². The van der Waals surface area contributed by atoms with Gasteiger partial charge in [0.1, 0.15) is 5.82 Å². The molecule has 0 bridgehead atoms. The van der Waals surface area contributed by atoms with Gasteiger partial charge in [0.15, 0.2) is 0 Å². The number of alkyl halides is 3. The van der Waals surface area contributed by atoms with Crippen molar-refractivity contribution in [3.63, 3.8) is 0 Å². The lowest BCUT2D eigenvalue weighted by atomic mass is 10.0. The van der Waals surface area contributed by atoms with Crippen LogP contribution in [0.3, 0.4) is 0 Å². The molecule has 2 aromatic rings. The summed E-state index contributed by atoms with van der Waals surface area (Å²) in [6.45, 7) is 0.215. The van der Waals surface area contributed by atoms with E-state index in [0.717, 1.165) is 18.0 Å². The Hall–Kier alpha value is -1.86. The van der Waals surface area contributed by atoms with Crippen LogP contribution >= 0.6 is 11.6 Å². The molecule has 2 N–H and O–H groups in total. The second-order valence-corrected chi connectivity index (χ2v) is 5.41. The Bertz CT molecular complexity index is 638. The van der Waals surface area contributed by atoms with Crippen molar-refractivity contribution in [1.29, 1.82) is 0 Å². The van der Waals surface area contributed by atoms with Gasteiger partial charge >= 0.3 is 6.18 Å². The molecule has 23 heavy (non-hydrogen) atoms. The van der Waals surface area contributed by atoms with Gasteiger partial charge in [0.2, 0.25) is 0 Å². The van der Waals surface area contributed by atoms with Gasteiger partial charge in [0.25, 0.3) is 0 Å². The van der Waals surface area contributed by atoms with Gasteiger partial charge < -0.3 is 10.4 Å². The Morgan fingerprint density at radius 1 is 1.26 bits per heavy atom. The van der Waals surface area contributed by atoms with Crippen molar-refractivity contribution in [2.24, 2.45) is 5.92 Å². The summed E-state index contributed by atoms with van der Waals surface area (Å²) in [6, 6.07) is 6.30. The number of pyridine rings is 2. The van der Waals surface area contributed by atoms with Crippen LogP contribution in [0, 0.1) is 5.92 Å². The molecule has 1 unspecified atom stereocenters. The molecule has 0 aliphatic rings. The van der Waals surface area contributed by atoms with Crippen LogP contribution in [0.1, 0.15) is 11.3 Å². The molecule has 8 heteroatoms. The van der Waals surface area contributed by atoms with Crippen molar-refractivity contribution >= 4 is 17.4 Å². The SMILES string of the molecule is OCC(CNc1ncc(C(F)(F)F)cc1Cl)Cc1ccccn1. The molecule has 0 aliphatic carbocycles. The average Bonchev–Trinajstić information content (AvgIpc) is 2.52. The van der Waals surface area contributed by atoms with Crippen LogP contribution in [-0.2, 0) is 12.6 Å². The van der Waals surface area contributed by atoms with Gasteiger partial charge in [0, 0.05) is 37.2 Å². The first kappa shape index (κ1) is 17.5. The molecule has 0 saturated heterocycles. The second-order valence-electron chi connectivity index (χ2n) is 5.01. The standard InChI is InChI=1S/C15H15ClF3N3O/c16-13-6-11(15(17,18)19)8-22-14(13)21-7-10(9-23)5-12-3-1-2-4-20-12/h1-4,6,8,10,23H,5,7,9H2,(H,21,22). The lowest BCUT2D eigenvalue weighted by Crippen LogP contribution is -2.21. The van der Waals surface area contributed by atoms with Crippen LogP contribution in [0.25, 0.3) is 0 Å². The minimum Gasteiger partial charge on any atom is -0.396 e. The summed E-state index contributed by atoms with van der Waals surface area (Å²) < 4.78 is 37.7. The van der Waals surface area contributed by atoms with Gasteiger partial charge in [-0.25, -0.2) is 4.98 Å². The third kappa shape index (κ3) is 5.07. The summed E-state index contributed by atoms with van der Waals surface area (Å²) in [6.07, 6.45) is -1.57. The maximum absolute atomic E-state index is 12.6. The van der Waals surface area contributed by atoms with Crippen molar-refractivity contribution in [2.45, 2.75) is 12.6 Å².